The number of amides is 3. The van der Waals surface area contributed by atoms with Crippen molar-refractivity contribution in [3.63, 3.8) is 0 Å². The van der Waals surface area contributed by atoms with Gasteiger partial charge in [-0.15, -0.1) is 0 Å². The van der Waals surface area contributed by atoms with Crippen molar-refractivity contribution in [3.05, 3.63) is 29.8 Å². The summed E-state index contributed by atoms with van der Waals surface area (Å²) in [5, 5.41) is 14.9. The van der Waals surface area contributed by atoms with Crippen LogP contribution in [0.1, 0.15) is 52.1 Å². The predicted octanol–water partition coefficient (Wildman–Crippen LogP) is 2.61. The molecular weight excluding hydrogens is 474 g/mol. The number of ether oxygens (including phenoxy) is 2. The van der Waals surface area contributed by atoms with Gasteiger partial charge in [0.15, 0.2) is 0 Å². The minimum Gasteiger partial charge on any atom is -0.508 e. The fourth-order valence-corrected chi connectivity index (χ4v) is 3.61. The molecule has 0 aliphatic heterocycles. The third kappa shape index (κ3) is 10.9. The first-order valence-corrected chi connectivity index (χ1v) is 12.8. The molecular formula is C24H37N3O7S. The average Bonchev–Trinajstić information content (AvgIpc) is 2.76. The minimum absolute atomic E-state index is 0.00800. The van der Waals surface area contributed by atoms with Gasteiger partial charge in [0.05, 0.1) is 13.0 Å². The zero-order chi connectivity index (χ0) is 26.6. The lowest BCUT2D eigenvalue weighted by molar-refractivity contribution is -0.143. The lowest BCUT2D eigenvalue weighted by Crippen LogP contribution is -2.52. The molecule has 11 heteroatoms. The van der Waals surface area contributed by atoms with Crippen molar-refractivity contribution in [1.29, 1.82) is 0 Å². The number of nitrogens with one attached hydrogen (secondary N) is 2. The molecule has 0 spiro atoms. The minimum atomic E-state index is -1.07. The van der Waals surface area contributed by atoms with E-state index in [1.165, 1.54) is 48.0 Å². The van der Waals surface area contributed by atoms with Gasteiger partial charge in [-0.2, -0.15) is 11.8 Å². The molecule has 0 bridgehead atoms. The second-order valence-corrected chi connectivity index (χ2v) is 9.76. The van der Waals surface area contributed by atoms with E-state index in [-0.39, 0.29) is 25.3 Å². The quantitative estimate of drug-likeness (QED) is 0.365. The van der Waals surface area contributed by atoms with Crippen molar-refractivity contribution in [1.82, 2.24) is 15.5 Å². The topological polar surface area (TPSA) is 134 Å². The lowest BCUT2D eigenvalue weighted by atomic mass is 10.0. The Morgan fingerprint density at radius 3 is 2.31 bits per heavy atom. The molecule has 2 atom stereocenters. The van der Waals surface area contributed by atoms with Crippen molar-refractivity contribution in [2.45, 2.75) is 58.2 Å². The number of alkyl carbamates (subject to hydrolysis) is 1. The smallest absolute Gasteiger partial charge is 0.408 e. The summed E-state index contributed by atoms with van der Waals surface area (Å²) in [5.41, 5.74) is -0.288. The molecule has 1 aromatic carbocycles. The number of phenols is 1. The number of rotatable bonds is 12. The number of phenolic OH excluding ortho intramolecular Hbond substituents is 1. The summed E-state index contributed by atoms with van der Waals surface area (Å²) in [6.07, 6.45) is 1.46. The molecule has 35 heavy (non-hydrogen) atoms. The second kappa shape index (κ2) is 14.4. The van der Waals surface area contributed by atoms with Crippen LogP contribution < -0.4 is 10.6 Å². The van der Waals surface area contributed by atoms with Gasteiger partial charge in [-0.3, -0.25) is 14.4 Å². The van der Waals surface area contributed by atoms with Gasteiger partial charge in [0.25, 0.3) is 0 Å². The average molecular weight is 512 g/mol. The normalized spacial score (nSPS) is 12.7. The molecule has 0 radical (unpaired) electrons. The first kappa shape index (κ1) is 30.1. The van der Waals surface area contributed by atoms with E-state index < -0.39 is 41.6 Å². The van der Waals surface area contributed by atoms with Crippen LogP contribution in [-0.2, 0) is 23.9 Å². The van der Waals surface area contributed by atoms with Crippen LogP contribution in [0.25, 0.3) is 0 Å². The van der Waals surface area contributed by atoms with Crippen LogP contribution in [0.2, 0.25) is 0 Å². The standard InChI is InChI=1S/C24H37N3O7S/c1-7-33-19(29)12-14-25-21(30)20(16-8-10-17(28)11-9-16)27(5)22(31)18(13-15-35-6)26-23(32)34-24(2,3)4/h8-11,18,20,28H,7,12-15H2,1-6H3,(H,25,30)(H,26,32). The molecule has 0 saturated heterocycles. The van der Waals surface area contributed by atoms with Gasteiger partial charge < -0.3 is 30.1 Å². The van der Waals surface area contributed by atoms with Gasteiger partial charge >= 0.3 is 12.1 Å². The highest BCUT2D eigenvalue weighted by atomic mass is 32.2. The van der Waals surface area contributed by atoms with Crippen molar-refractivity contribution < 1.29 is 33.8 Å². The van der Waals surface area contributed by atoms with Gasteiger partial charge in [-0.25, -0.2) is 4.79 Å². The predicted molar refractivity (Wildman–Crippen MR) is 134 cm³/mol. The molecule has 10 nitrogen and oxygen atoms in total. The Hall–Kier alpha value is -2.95. The number of nitrogens with zero attached hydrogens (tertiary/aromatic N) is 1. The summed E-state index contributed by atoms with van der Waals surface area (Å²) in [5.74, 6) is -0.846. The zero-order valence-electron chi connectivity index (χ0n) is 21.3. The number of aromatic hydroxyl groups is 1. The summed E-state index contributed by atoms with van der Waals surface area (Å²) in [6, 6.07) is 3.91. The molecule has 3 amide bonds. The van der Waals surface area contributed by atoms with Gasteiger partial charge in [0.1, 0.15) is 23.4 Å². The van der Waals surface area contributed by atoms with Crippen LogP contribution in [0.4, 0.5) is 4.79 Å². The molecule has 1 aromatic rings. The van der Waals surface area contributed by atoms with E-state index in [1.54, 1.807) is 27.7 Å². The Morgan fingerprint density at radius 1 is 1.14 bits per heavy atom. The van der Waals surface area contributed by atoms with Crippen molar-refractivity contribution in [3.8, 4) is 5.75 Å². The Kier molecular flexibility index (Phi) is 12.4. The lowest BCUT2D eigenvalue weighted by Gasteiger charge is -2.31. The van der Waals surface area contributed by atoms with E-state index in [9.17, 15) is 24.3 Å². The van der Waals surface area contributed by atoms with Crippen molar-refractivity contribution >= 4 is 35.6 Å². The second-order valence-electron chi connectivity index (χ2n) is 8.77. The highest BCUT2D eigenvalue weighted by molar-refractivity contribution is 7.98. The van der Waals surface area contributed by atoms with Crippen LogP contribution >= 0.6 is 11.8 Å². The number of carbonyl (C=O) groups excluding carboxylic acids is 4. The van der Waals surface area contributed by atoms with Crippen LogP contribution in [0.5, 0.6) is 5.75 Å². The van der Waals surface area contributed by atoms with E-state index in [0.717, 1.165) is 0 Å². The maximum atomic E-state index is 13.4. The number of likely N-dealkylation sites (N-methyl/N-ethyl adjacent to an activating group) is 1. The van der Waals surface area contributed by atoms with Crippen LogP contribution in [0.15, 0.2) is 24.3 Å². The third-order valence-corrected chi connectivity index (χ3v) is 5.37. The highest BCUT2D eigenvalue weighted by Crippen LogP contribution is 2.24. The first-order valence-electron chi connectivity index (χ1n) is 11.4. The Labute approximate surface area is 211 Å². The molecule has 0 heterocycles. The maximum absolute atomic E-state index is 13.4. The molecule has 0 fully saturated rings. The highest BCUT2D eigenvalue weighted by Gasteiger charge is 2.34. The molecule has 0 aliphatic rings. The first-order chi connectivity index (χ1) is 16.4. The molecule has 1 rings (SSSR count). The Bertz CT molecular complexity index is 856. The molecule has 0 aliphatic carbocycles. The van der Waals surface area contributed by atoms with Crippen LogP contribution in [-0.4, -0.2) is 77.7 Å². The number of carbonyl (C=O) groups is 4. The molecule has 196 valence electrons. The maximum Gasteiger partial charge on any atom is 0.408 e. The van der Waals surface area contributed by atoms with Gasteiger partial charge in [0, 0.05) is 13.6 Å². The van der Waals surface area contributed by atoms with Gasteiger partial charge in [-0.05, 0) is 63.8 Å². The summed E-state index contributed by atoms with van der Waals surface area (Å²) in [4.78, 5) is 51.8. The summed E-state index contributed by atoms with van der Waals surface area (Å²) >= 11 is 1.52. The summed E-state index contributed by atoms with van der Waals surface area (Å²) < 4.78 is 10.2. The van der Waals surface area contributed by atoms with Crippen LogP contribution in [0.3, 0.4) is 0 Å². The number of hydrogen-bond donors (Lipinski definition) is 3. The van der Waals surface area contributed by atoms with Crippen LogP contribution in [0, 0.1) is 0 Å². The van der Waals surface area contributed by atoms with E-state index >= 15 is 0 Å². The number of hydrogen-bond acceptors (Lipinski definition) is 8. The Balaban J connectivity index is 3.12. The van der Waals surface area contributed by atoms with E-state index in [2.05, 4.69) is 10.6 Å². The molecule has 0 saturated carbocycles. The SMILES string of the molecule is CCOC(=O)CCNC(=O)C(c1ccc(O)cc1)N(C)C(=O)C(CCSC)NC(=O)OC(C)(C)C. The molecule has 0 aromatic heterocycles. The van der Waals surface area contributed by atoms with Gasteiger partial charge in [0.2, 0.25) is 11.8 Å². The number of benzene rings is 1. The zero-order valence-corrected chi connectivity index (χ0v) is 22.1. The summed E-state index contributed by atoms with van der Waals surface area (Å²) in [6.45, 7) is 7.12. The number of esters is 1. The van der Waals surface area contributed by atoms with E-state index in [1.807, 2.05) is 6.26 Å². The molecule has 2 unspecified atom stereocenters. The van der Waals surface area contributed by atoms with Crippen molar-refractivity contribution in [2.75, 3.05) is 32.2 Å². The molecule has 3 N–H and O–H groups in total. The van der Waals surface area contributed by atoms with E-state index in [4.69, 9.17) is 9.47 Å². The van der Waals surface area contributed by atoms with Crippen molar-refractivity contribution in [2.24, 2.45) is 0 Å². The fraction of sp³-hybridized carbons (Fsp3) is 0.583. The fourth-order valence-electron chi connectivity index (χ4n) is 3.14. The van der Waals surface area contributed by atoms with E-state index in [0.29, 0.717) is 17.7 Å². The Morgan fingerprint density at radius 2 is 1.77 bits per heavy atom. The monoisotopic (exact) mass is 511 g/mol. The number of thioether (sulfide) groups is 1. The third-order valence-electron chi connectivity index (χ3n) is 4.73. The van der Waals surface area contributed by atoms with Gasteiger partial charge in [-0.1, -0.05) is 12.1 Å². The summed E-state index contributed by atoms with van der Waals surface area (Å²) in [7, 11) is 1.47. The largest absolute Gasteiger partial charge is 0.508 e.